The summed E-state index contributed by atoms with van der Waals surface area (Å²) in [6, 6.07) is 0. The van der Waals surface area contributed by atoms with Gasteiger partial charge in [0.1, 0.15) is 6.29 Å². The molecule has 0 amide bonds. The Morgan fingerprint density at radius 3 is 2.36 bits per heavy atom. The number of aliphatic carboxylic acids is 1. The second-order valence-electron chi connectivity index (χ2n) is 3.11. The third-order valence-corrected chi connectivity index (χ3v) is 2.34. The van der Waals surface area contributed by atoms with Gasteiger partial charge >= 0.3 is 13.6 Å². The van der Waals surface area contributed by atoms with Crippen molar-refractivity contribution in [1.82, 2.24) is 4.90 Å². The first kappa shape index (κ1) is 13.6. The smallest absolute Gasteiger partial charge is 0.339 e. The molecule has 0 saturated carbocycles. The third kappa shape index (κ3) is 8.19. The molecule has 0 aliphatic heterocycles. The first-order valence-electron chi connectivity index (χ1n) is 4.34. The van der Waals surface area contributed by atoms with Crippen molar-refractivity contribution in [2.75, 3.05) is 19.4 Å². The Hall–Kier alpha value is -0.420. The minimum Gasteiger partial charge on any atom is -0.480 e. The zero-order valence-electron chi connectivity index (χ0n) is 8.09. The van der Waals surface area contributed by atoms with Crippen LogP contribution in [0.1, 0.15) is 19.8 Å². The molecule has 0 aromatic rings. The first-order chi connectivity index (χ1) is 6.35. The lowest BCUT2D eigenvalue weighted by Crippen LogP contribution is -2.31. The molecule has 14 heavy (non-hydrogen) atoms. The van der Waals surface area contributed by atoms with Gasteiger partial charge in [-0.05, 0) is 13.0 Å². The van der Waals surface area contributed by atoms with E-state index in [-0.39, 0.29) is 6.54 Å². The van der Waals surface area contributed by atoms with Crippen LogP contribution in [0.15, 0.2) is 0 Å². The Kier molecular flexibility index (Phi) is 5.95. The average molecular weight is 225 g/mol. The number of rotatable bonds is 7. The lowest BCUT2D eigenvalue weighted by molar-refractivity contribution is -0.138. The molecular weight excluding hydrogens is 209 g/mol. The Morgan fingerprint density at radius 1 is 1.43 bits per heavy atom. The van der Waals surface area contributed by atoms with E-state index in [0.29, 0.717) is 6.54 Å². The molecule has 7 heteroatoms. The normalized spacial score (nSPS) is 12.0. The molecule has 0 radical (unpaired) electrons. The number of carboxylic acids is 1. The van der Waals surface area contributed by atoms with Crippen LogP contribution in [0, 0.1) is 0 Å². The van der Waals surface area contributed by atoms with Crippen molar-refractivity contribution in [3.8, 4) is 0 Å². The van der Waals surface area contributed by atoms with Gasteiger partial charge in [-0.25, -0.2) is 0 Å². The van der Waals surface area contributed by atoms with Crippen molar-refractivity contribution >= 4 is 13.6 Å². The van der Waals surface area contributed by atoms with Gasteiger partial charge in [-0.15, -0.1) is 0 Å². The summed E-state index contributed by atoms with van der Waals surface area (Å²) in [6.07, 6.45) is 1.10. The molecule has 6 nitrogen and oxygen atoms in total. The second kappa shape index (κ2) is 6.14. The van der Waals surface area contributed by atoms with Crippen molar-refractivity contribution in [3.05, 3.63) is 0 Å². The van der Waals surface area contributed by atoms with Gasteiger partial charge in [0.25, 0.3) is 0 Å². The fourth-order valence-corrected chi connectivity index (χ4v) is 1.80. The summed E-state index contributed by atoms with van der Waals surface area (Å²) in [7, 11) is -4.16. The van der Waals surface area contributed by atoms with Gasteiger partial charge in [0, 0.05) is 0 Å². The maximum absolute atomic E-state index is 10.6. The van der Waals surface area contributed by atoms with Crippen LogP contribution in [-0.4, -0.2) is 45.1 Å². The van der Waals surface area contributed by atoms with Crippen LogP contribution in [0.2, 0.25) is 0 Å². The number of carbonyl (C=O) groups is 1. The van der Waals surface area contributed by atoms with Crippen LogP contribution < -0.4 is 0 Å². The van der Waals surface area contributed by atoms with Crippen LogP contribution in [0.5, 0.6) is 0 Å². The number of carboxylic acid groups (broad SMARTS) is 1. The SMILES string of the molecule is CCCCN(CC(=O)O)CP(=O)(O)O. The average Bonchev–Trinajstić information content (AvgIpc) is 1.96. The highest BCUT2D eigenvalue weighted by Gasteiger charge is 2.20. The zero-order chi connectivity index (χ0) is 11.2. The molecule has 84 valence electrons. The third-order valence-electron chi connectivity index (χ3n) is 1.57. The first-order valence-corrected chi connectivity index (χ1v) is 6.13. The second-order valence-corrected chi connectivity index (χ2v) is 4.72. The maximum atomic E-state index is 10.6. The molecule has 0 atom stereocenters. The Bertz CT molecular complexity index is 226. The van der Waals surface area contributed by atoms with Gasteiger partial charge in [-0.3, -0.25) is 14.3 Å². The molecule has 0 aromatic heterocycles. The highest BCUT2D eigenvalue weighted by molar-refractivity contribution is 7.51. The van der Waals surface area contributed by atoms with E-state index in [1.54, 1.807) is 0 Å². The monoisotopic (exact) mass is 225 g/mol. The molecule has 0 rings (SSSR count). The molecule has 0 bridgehead atoms. The van der Waals surface area contributed by atoms with Crippen molar-refractivity contribution in [3.63, 3.8) is 0 Å². The summed E-state index contributed by atoms with van der Waals surface area (Å²) in [5.74, 6) is -1.07. The molecule has 0 fully saturated rings. The predicted molar refractivity (Wildman–Crippen MR) is 51.0 cm³/mol. The van der Waals surface area contributed by atoms with Crippen LogP contribution in [0.25, 0.3) is 0 Å². The molecule has 0 spiro atoms. The minimum atomic E-state index is -4.16. The number of hydrogen-bond donors (Lipinski definition) is 3. The van der Waals surface area contributed by atoms with E-state index in [9.17, 15) is 9.36 Å². The van der Waals surface area contributed by atoms with Crippen molar-refractivity contribution < 1.29 is 24.3 Å². The fraction of sp³-hybridized carbons (Fsp3) is 0.857. The van der Waals surface area contributed by atoms with Gasteiger partial charge in [0.15, 0.2) is 0 Å². The summed E-state index contributed by atoms with van der Waals surface area (Å²) >= 11 is 0. The lowest BCUT2D eigenvalue weighted by Gasteiger charge is -2.19. The fourth-order valence-electron chi connectivity index (χ4n) is 1.03. The summed E-state index contributed by atoms with van der Waals surface area (Å²) < 4.78 is 10.6. The zero-order valence-corrected chi connectivity index (χ0v) is 8.98. The molecule has 0 aliphatic carbocycles. The standard InChI is InChI=1S/C7H16NO5P/c1-2-3-4-8(5-7(9)10)6-14(11,12)13/h2-6H2,1H3,(H,9,10)(H2,11,12,13). The summed E-state index contributed by atoms with van der Waals surface area (Å²) in [6.45, 7) is 2.00. The molecule has 0 heterocycles. The predicted octanol–water partition coefficient (Wildman–Crippen LogP) is 0.308. The molecule has 0 unspecified atom stereocenters. The minimum absolute atomic E-state index is 0.328. The van der Waals surface area contributed by atoms with E-state index < -0.39 is 19.9 Å². The van der Waals surface area contributed by atoms with Crippen molar-refractivity contribution in [2.45, 2.75) is 19.8 Å². The van der Waals surface area contributed by atoms with Gasteiger partial charge in [-0.1, -0.05) is 13.3 Å². The van der Waals surface area contributed by atoms with E-state index in [0.717, 1.165) is 12.8 Å². The summed E-state index contributed by atoms with van der Waals surface area (Å²) in [4.78, 5) is 29.0. The van der Waals surface area contributed by atoms with E-state index in [1.807, 2.05) is 6.92 Å². The quantitative estimate of drug-likeness (QED) is 0.539. The van der Waals surface area contributed by atoms with Crippen LogP contribution in [0.4, 0.5) is 0 Å². The van der Waals surface area contributed by atoms with Gasteiger partial charge < -0.3 is 14.9 Å². The van der Waals surface area contributed by atoms with Crippen LogP contribution in [-0.2, 0) is 9.36 Å². The molecular formula is C7H16NO5P. The molecule has 0 aromatic carbocycles. The van der Waals surface area contributed by atoms with Crippen LogP contribution >= 0.6 is 7.60 Å². The highest BCUT2D eigenvalue weighted by atomic mass is 31.2. The van der Waals surface area contributed by atoms with Crippen LogP contribution in [0.3, 0.4) is 0 Å². The van der Waals surface area contributed by atoms with Gasteiger partial charge in [-0.2, -0.15) is 0 Å². The Morgan fingerprint density at radius 2 is 2.00 bits per heavy atom. The van der Waals surface area contributed by atoms with Gasteiger partial charge in [0.2, 0.25) is 0 Å². The lowest BCUT2D eigenvalue weighted by atomic mass is 10.3. The number of nitrogens with zero attached hydrogens (tertiary/aromatic N) is 1. The topological polar surface area (TPSA) is 98.1 Å². The highest BCUT2D eigenvalue weighted by Crippen LogP contribution is 2.34. The van der Waals surface area contributed by atoms with E-state index in [4.69, 9.17) is 14.9 Å². The van der Waals surface area contributed by atoms with Crippen molar-refractivity contribution in [2.24, 2.45) is 0 Å². The molecule has 3 N–H and O–H groups in total. The van der Waals surface area contributed by atoms with E-state index >= 15 is 0 Å². The number of unbranched alkanes of at least 4 members (excludes halogenated alkanes) is 1. The Balaban J connectivity index is 4.10. The van der Waals surface area contributed by atoms with E-state index in [2.05, 4.69) is 0 Å². The number of hydrogen-bond acceptors (Lipinski definition) is 3. The Labute approximate surface area is 82.7 Å². The summed E-state index contributed by atoms with van der Waals surface area (Å²) in [5, 5.41) is 8.49. The molecule has 0 aliphatic rings. The maximum Gasteiger partial charge on any atom is 0.339 e. The van der Waals surface area contributed by atoms with E-state index in [1.165, 1.54) is 4.90 Å². The van der Waals surface area contributed by atoms with Gasteiger partial charge in [0.05, 0.1) is 6.54 Å². The molecule has 0 saturated heterocycles. The van der Waals surface area contributed by atoms with Crippen molar-refractivity contribution in [1.29, 1.82) is 0 Å². The largest absolute Gasteiger partial charge is 0.480 e. The summed E-state index contributed by atoms with van der Waals surface area (Å²) in [5.41, 5.74) is 0.